The average molecular weight is 260 g/mol. The predicted molar refractivity (Wildman–Crippen MR) is 69.2 cm³/mol. The van der Waals surface area contributed by atoms with E-state index in [1.165, 1.54) is 0 Å². The summed E-state index contributed by atoms with van der Waals surface area (Å²) in [5.41, 5.74) is -0.763. The molecule has 102 valence electrons. The van der Waals surface area contributed by atoms with Gasteiger partial charge in [0, 0.05) is 18.9 Å². The van der Waals surface area contributed by atoms with Crippen molar-refractivity contribution in [2.45, 2.75) is 52.1 Å². The molecule has 0 aromatic carbocycles. The maximum absolute atomic E-state index is 12.8. The molecule has 2 heterocycles. The van der Waals surface area contributed by atoms with Crippen LogP contribution in [0, 0.1) is 22.7 Å². The Balaban J connectivity index is 1.97. The zero-order chi connectivity index (χ0) is 13.6. The van der Waals surface area contributed by atoms with Gasteiger partial charge in [-0.15, -0.1) is 0 Å². The number of carbonyl (C=O) groups is 2. The van der Waals surface area contributed by atoms with Crippen molar-refractivity contribution in [1.82, 2.24) is 0 Å². The molecule has 0 aromatic heterocycles. The highest BCUT2D eigenvalue weighted by molar-refractivity contribution is 6.00. The van der Waals surface area contributed by atoms with E-state index in [0.29, 0.717) is 30.3 Å². The van der Waals surface area contributed by atoms with Crippen LogP contribution in [-0.2, 0) is 14.3 Å². The average Bonchev–Trinajstić information content (AvgIpc) is 2.47. The van der Waals surface area contributed by atoms with Crippen LogP contribution >= 0.6 is 0 Å². The first-order valence-corrected chi connectivity index (χ1v) is 7.28. The quantitative estimate of drug-likeness (QED) is 0.672. The molecule has 4 fully saturated rings. The second-order valence-electron chi connectivity index (χ2n) is 7.67. The standard InChI is InChI=1S/C16H20O3/c1-14(2)10-4-5-15(3)8-12(18)16(10)11(14)6-9(17)7-13(16)19-15/h7,10-11H,4-6,8H2,1-3H3/t10-,11-,15+,16+/m1/s1. The summed E-state index contributed by atoms with van der Waals surface area (Å²) in [6, 6.07) is 0. The highest BCUT2D eigenvalue weighted by Gasteiger charge is 2.76. The van der Waals surface area contributed by atoms with Gasteiger partial charge in [0.1, 0.15) is 11.4 Å². The van der Waals surface area contributed by atoms with Crippen LogP contribution in [0.5, 0.6) is 0 Å². The third-order valence-corrected chi connectivity index (χ3v) is 6.31. The van der Waals surface area contributed by atoms with Gasteiger partial charge < -0.3 is 4.74 Å². The number of ether oxygens (including phenoxy) is 1. The zero-order valence-electron chi connectivity index (χ0n) is 11.8. The Morgan fingerprint density at radius 3 is 2.68 bits per heavy atom. The van der Waals surface area contributed by atoms with E-state index in [2.05, 4.69) is 13.8 Å². The van der Waals surface area contributed by atoms with Crippen molar-refractivity contribution in [2.75, 3.05) is 0 Å². The molecule has 0 N–H and O–H groups in total. The smallest absolute Gasteiger partial charge is 0.159 e. The largest absolute Gasteiger partial charge is 0.490 e. The van der Waals surface area contributed by atoms with Crippen LogP contribution in [0.15, 0.2) is 11.8 Å². The van der Waals surface area contributed by atoms with Gasteiger partial charge in [-0.05, 0) is 37.0 Å². The molecule has 3 nitrogen and oxygen atoms in total. The second kappa shape index (κ2) is 2.97. The second-order valence-corrected chi connectivity index (χ2v) is 7.67. The van der Waals surface area contributed by atoms with E-state index >= 15 is 0 Å². The summed E-state index contributed by atoms with van der Waals surface area (Å²) in [6.45, 7) is 6.46. The fourth-order valence-corrected chi connectivity index (χ4v) is 5.47. The van der Waals surface area contributed by atoms with Gasteiger partial charge in [-0.25, -0.2) is 0 Å². The van der Waals surface area contributed by atoms with E-state index in [1.54, 1.807) is 6.08 Å². The SMILES string of the molecule is CC1(C)[C@H]2CC[C@@]3(C)CC(=O)[C@]24C(=CC(=O)C[C@H]14)O3. The fraction of sp³-hybridized carbons (Fsp3) is 0.750. The van der Waals surface area contributed by atoms with Gasteiger partial charge >= 0.3 is 0 Å². The molecule has 19 heavy (non-hydrogen) atoms. The lowest BCUT2D eigenvalue weighted by Gasteiger charge is -2.67. The molecule has 2 saturated carbocycles. The number of allylic oxidation sites excluding steroid dienone is 2. The van der Waals surface area contributed by atoms with Crippen LogP contribution in [0.3, 0.4) is 0 Å². The van der Waals surface area contributed by atoms with E-state index in [-0.39, 0.29) is 22.7 Å². The summed E-state index contributed by atoms with van der Waals surface area (Å²) in [4.78, 5) is 24.8. The van der Waals surface area contributed by atoms with E-state index in [4.69, 9.17) is 4.74 Å². The Hall–Kier alpha value is -1.12. The first kappa shape index (κ1) is 11.7. The van der Waals surface area contributed by atoms with Crippen LogP contribution in [0.25, 0.3) is 0 Å². The van der Waals surface area contributed by atoms with Gasteiger partial charge in [0.15, 0.2) is 11.6 Å². The Morgan fingerprint density at radius 1 is 1.21 bits per heavy atom. The first-order valence-electron chi connectivity index (χ1n) is 7.28. The van der Waals surface area contributed by atoms with E-state index in [1.807, 2.05) is 6.92 Å². The number of carbonyl (C=O) groups excluding carboxylic acids is 2. The Bertz CT molecular complexity index is 544. The zero-order valence-corrected chi connectivity index (χ0v) is 11.8. The van der Waals surface area contributed by atoms with E-state index in [0.717, 1.165) is 12.8 Å². The van der Waals surface area contributed by atoms with Crippen molar-refractivity contribution in [3.63, 3.8) is 0 Å². The van der Waals surface area contributed by atoms with Gasteiger partial charge in [0.25, 0.3) is 0 Å². The normalized spacial score (nSPS) is 49.7. The molecule has 2 aliphatic heterocycles. The maximum Gasteiger partial charge on any atom is 0.159 e. The molecule has 5 rings (SSSR count). The highest BCUT2D eigenvalue weighted by atomic mass is 16.5. The summed E-state index contributed by atoms with van der Waals surface area (Å²) in [6.07, 6.45) is 4.61. The molecule has 3 heteroatoms. The van der Waals surface area contributed by atoms with Crippen LogP contribution < -0.4 is 0 Å². The number of Topliss-reactive ketones (excluding diaryl/α,β-unsaturated/α-hetero) is 1. The van der Waals surface area contributed by atoms with Crippen LogP contribution in [-0.4, -0.2) is 17.2 Å². The van der Waals surface area contributed by atoms with Crippen molar-refractivity contribution < 1.29 is 14.3 Å². The van der Waals surface area contributed by atoms with Crippen LogP contribution in [0.1, 0.15) is 46.5 Å². The van der Waals surface area contributed by atoms with Crippen molar-refractivity contribution in [2.24, 2.45) is 22.7 Å². The summed E-state index contributed by atoms with van der Waals surface area (Å²) in [7, 11) is 0. The molecular weight excluding hydrogens is 240 g/mol. The number of hydrogen-bond donors (Lipinski definition) is 0. The lowest BCUT2D eigenvalue weighted by molar-refractivity contribution is -0.206. The number of hydrogen-bond acceptors (Lipinski definition) is 3. The highest BCUT2D eigenvalue weighted by Crippen LogP contribution is 2.74. The molecular formula is C16H20O3. The first-order chi connectivity index (χ1) is 8.81. The van der Waals surface area contributed by atoms with Crippen molar-refractivity contribution >= 4 is 11.6 Å². The Labute approximate surface area is 113 Å². The molecule has 4 atom stereocenters. The lowest BCUT2D eigenvalue weighted by Crippen LogP contribution is -2.69. The minimum absolute atomic E-state index is 0.0732. The van der Waals surface area contributed by atoms with Gasteiger partial charge in [-0.3, -0.25) is 9.59 Å². The fourth-order valence-electron chi connectivity index (χ4n) is 5.47. The van der Waals surface area contributed by atoms with Gasteiger partial charge in [0.05, 0.1) is 5.41 Å². The lowest BCUT2D eigenvalue weighted by atomic mass is 9.35. The maximum atomic E-state index is 12.8. The van der Waals surface area contributed by atoms with Crippen molar-refractivity contribution in [3.8, 4) is 0 Å². The Morgan fingerprint density at radius 2 is 1.95 bits per heavy atom. The monoisotopic (exact) mass is 260 g/mol. The molecule has 2 saturated heterocycles. The molecule has 0 radical (unpaired) electrons. The predicted octanol–water partition coefficient (Wildman–Crippen LogP) is 2.64. The van der Waals surface area contributed by atoms with Crippen LogP contribution in [0.4, 0.5) is 0 Å². The molecule has 0 unspecified atom stereocenters. The molecule has 0 amide bonds. The Kier molecular flexibility index (Phi) is 1.82. The van der Waals surface area contributed by atoms with Gasteiger partial charge in [-0.2, -0.15) is 0 Å². The van der Waals surface area contributed by atoms with Gasteiger partial charge in [-0.1, -0.05) is 13.8 Å². The minimum atomic E-state index is -0.451. The molecule has 1 spiro atoms. The minimum Gasteiger partial charge on any atom is -0.490 e. The molecule has 2 bridgehead atoms. The summed E-state index contributed by atoms with van der Waals surface area (Å²) < 4.78 is 6.15. The van der Waals surface area contributed by atoms with E-state index in [9.17, 15) is 9.59 Å². The van der Waals surface area contributed by atoms with Gasteiger partial charge in [0.2, 0.25) is 0 Å². The molecule has 0 aromatic rings. The third kappa shape index (κ3) is 1.08. The van der Waals surface area contributed by atoms with Crippen molar-refractivity contribution in [3.05, 3.63) is 11.8 Å². The van der Waals surface area contributed by atoms with Crippen LogP contribution in [0.2, 0.25) is 0 Å². The van der Waals surface area contributed by atoms with Crippen molar-refractivity contribution in [1.29, 1.82) is 0 Å². The van der Waals surface area contributed by atoms with E-state index < -0.39 is 5.41 Å². The summed E-state index contributed by atoms with van der Waals surface area (Å²) >= 11 is 0. The third-order valence-electron chi connectivity index (χ3n) is 6.31. The topological polar surface area (TPSA) is 43.4 Å². The number of rotatable bonds is 0. The number of ketones is 2. The molecule has 3 aliphatic carbocycles. The number of fused-ring (bicyclic) bond motifs is 2. The molecule has 5 aliphatic rings. The summed E-state index contributed by atoms with van der Waals surface area (Å²) in [5, 5.41) is 0. The summed E-state index contributed by atoms with van der Waals surface area (Å²) in [5.74, 6) is 1.65.